The van der Waals surface area contributed by atoms with Crippen molar-refractivity contribution in [3.05, 3.63) is 54.6 Å². The van der Waals surface area contributed by atoms with E-state index in [0.29, 0.717) is 36.8 Å². The Kier molecular flexibility index (Phi) is 8.48. The molecule has 29 heavy (non-hydrogen) atoms. The number of benzene rings is 2. The van der Waals surface area contributed by atoms with Crippen LogP contribution < -0.4 is 14.4 Å². The van der Waals surface area contributed by atoms with Crippen molar-refractivity contribution in [2.45, 2.75) is 26.4 Å². The van der Waals surface area contributed by atoms with Gasteiger partial charge < -0.3 is 14.8 Å². The molecule has 158 valence electrons. The van der Waals surface area contributed by atoms with Crippen LogP contribution in [0.25, 0.3) is 0 Å². The zero-order valence-electron chi connectivity index (χ0n) is 17.0. The smallest absolute Gasteiger partial charge is 0.240 e. The van der Waals surface area contributed by atoms with Crippen molar-refractivity contribution >= 4 is 21.6 Å². The number of hydrogen-bond donors (Lipinski definition) is 1. The predicted molar refractivity (Wildman–Crippen MR) is 114 cm³/mol. The molecule has 0 saturated heterocycles. The van der Waals surface area contributed by atoms with Crippen LogP contribution >= 0.6 is 0 Å². The molecule has 0 saturated carbocycles. The second kappa shape index (κ2) is 10.8. The predicted octanol–water partition coefficient (Wildman–Crippen LogP) is 3.18. The second-order valence-electron chi connectivity index (χ2n) is 6.78. The Bertz CT molecular complexity index is 885. The normalized spacial score (nSPS) is 11.3. The Morgan fingerprint density at radius 3 is 2.38 bits per heavy atom. The van der Waals surface area contributed by atoms with Crippen molar-refractivity contribution < 1.29 is 22.7 Å². The average Bonchev–Trinajstić information content (AvgIpc) is 2.66. The van der Waals surface area contributed by atoms with Crippen molar-refractivity contribution in [2.75, 3.05) is 30.3 Å². The summed E-state index contributed by atoms with van der Waals surface area (Å²) in [7, 11) is -3.71. The summed E-state index contributed by atoms with van der Waals surface area (Å²) in [5.74, 6) is 0.528. The van der Waals surface area contributed by atoms with Crippen molar-refractivity contribution in [2.24, 2.45) is 0 Å². The van der Waals surface area contributed by atoms with Crippen LogP contribution in [0.1, 0.15) is 20.3 Å². The number of carbonyl (C=O) groups excluding carboxylic acids is 1. The van der Waals surface area contributed by atoms with Gasteiger partial charge in [0.15, 0.2) is 5.75 Å². The molecule has 0 aliphatic rings. The molecule has 0 heterocycles. The van der Waals surface area contributed by atoms with Crippen LogP contribution in [0.5, 0.6) is 11.5 Å². The highest BCUT2D eigenvalue weighted by Gasteiger charge is 2.24. The lowest BCUT2D eigenvalue weighted by Gasteiger charge is -2.24. The third-order valence-corrected chi connectivity index (χ3v) is 5.01. The van der Waals surface area contributed by atoms with Gasteiger partial charge in [0.25, 0.3) is 0 Å². The molecule has 0 aromatic heterocycles. The number of rotatable bonds is 11. The van der Waals surface area contributed by atoms with E-state index in [4.69, 9.17) is 9.47 Å². The van der Waals surface area contributed by atoms with Gasteiger partial charge in [-0.2, -0.15) is 0 Å². The van der Waals surface area contributed by atoms with Gasteiger partial charge in [-0.15, -0.1) is 0 Å². The summed E-state index contributed by atoms with van der Waals surface area (Å²) in [6.07, 6.45) is 1.85. The molecule has 0 aliphatic carbocycles. The third kappa shape index (κ3) is 7.75. The number of ether oxygens (including phenoxy) is 2. The van der Waals surface area contributed by atoms with Gasteiger partial charge >= 0.3 is 0 Å². The topological polar surface area (TPSA) is 84.9 Å². The molecule has 0 fully saturated rings. The molecular formula is C21H28N2O5S. The number of carbonyl (C=O) groups is 1. The van der Waals surface area contributed by atoms with Crippen LogP contribution in [0.2, 0.25) is 0 Å². The van der Waals surface area contributed by atoms with E-state index in [1.807, 2.05) is 32.0 Å². The van der Waals surface area contributed by atoms with Crippen LogP contribution in [0, 0.1) is 0 Å². The third-order valence-electron chi connectivity index (χ3n) is 3.89. The number of para-hydroxylation sites is 3. The van der Waals surface area contributed by atoms with Crippen LogP contribution in [-0.4, -0.2) is 46.4 Å². The second-order valence-corrected chi connectivity index (χ2v) is 8.68. The standard InChI is InChI=1S/C21H28N2O5S/c1-17(2)27-15-9-14-22-21(24)16-23(29(3,25)26)19-12-7-8-13-20(19)28-18-10-5-4-6-11-18/h4-8,10-13,17H,9,14-16H2,1-3H3,(H,22,24). The van der Waals surface area contributed by atoms with E-state index in [1.54, 1.807) is 36.4 Å². The number of sulfonamides is 1. The summed E-state index contributed by atoms with van der Waals surface area (Å²) >= 11 is 0. The van der Waals surface area contributed by atoms with E-state index < -0.39 is 15.9 Å². The first kappa shape index (κ1) is 22.7. The Hall–Kier alpha value is -2.58. The van der Waals surface area contributed by atoms with Gasteiger partial charge in [0, 0.05) is 13.2 Å². The molecule has 0 unspecified atom stereocenters. The van der Waals surface area contributed by atoms with E-state index in [1.165, 1.54) is 0 Å². The first-order valence-corrected chi connectivity index (χ1v) is 11.3. The fraction of sp³-hybridized carbons (Fsp3) is 0.381. The summed E-state index contributed by atoms with van der Waals surface area (Å²) in [6, 6.07) is 15.8. The van der Waals surface area contributed by atoms with Crippen LogP contribution in [0.4, 0.5) is 5.69 Å². The largest absolute Gasteiger partial charge is 0.455 e. The molecule has 1 amide bonds. The molecule has 0 spiro atoms. The first-order chi connectivity index (χ1) is 13.8. The van der Waals surface area contributed by atoms with E-state index >= 15 is 0 Å². The highest BCUT2D eigenvalue weighted by atomic mass is 32.2. The summed E-state index contributed by atoms with van der Waals surface area (Å²) in [6.45, 7) is 4.49. The highest BCUT2D eigenvalue weighted by molar-refractivity contribution is 7.92. The Balaban J connectivity index is 2.10. The zero-order chi connectivity index (χ0) is 21.3. The fourth-order valence-corrected chi connectivity index (χ4v) is 3.41. The van der Waals surface area contributed by atoms with Crippen molar-refractivity contribution in [1.29, 1.82) is 0 Å². The molecule has 1 N–H and O–H groups in total. The summed E-state index contributed by atoms with van der Waals surface area (Å²) in [4.78, 5) is 12.3. The number of amides is 1. The molecule has 2 aromatic rings. The quantitative estimate of drug-likeness (QED) is 0.565. The minimum absolute atomic E-state index is 0.132. The number of hydrogen-bond acceptors (Lipinski definition) is 5. The van der Waals surface area contributed by atoms with Gasteiger partial charge in [0.1, 0.15) is 12.3 Å². The molecule has 2 rings (SSSR count). The van der Waals surface area contributed by atoms with Gasteiger partial charge in [0.2, 0.25) is 15.9 Å². The maximum atomic E-state index is 12.4. The molecule has 2 aromatic carbocycles. The van der Waals surface area contributed by atoms with Gasteiger partial charge in [-0.25, -0.2) is 8.42 Å². The minimum Gasteiger partial charge on any atom is -0.455 e. The van der Waals surface area contributed by atoms with Crippen molar-refractivity contribution in [3.8, 4) is 11.5 Å². The lowest BCUT2D eigenvalue weighted by Crippen LogP contribution is -2.41. The molecular weight excluding hydrogens is 392 g/mol. The van der Waals surface area contributed by atoms with Gasteiger partial charge in [-0.3, -0.25) is 9.10 Å². The Morgan fingerprint density at radius 2 is 1.72 bits per heavy atom. The van der Waals surface area contributed by atoms with Crippen LogP contribution in [0.3, 0.4) is 0 Å². The summed E-state index contributed by atoms with van der Waals surface area (Å²) in [5.41, 5.74) is 0.303. The van der Waals surface area contributed by atoms with Crippen molar-refractivity contribution in [1.82, 2.24) is 5.32 Å². The Labute approximate surface area is 172 Å². The van der Waals surface area contributed by atoms with Crippen LogP contribution in [-0.2, 0) is 19.6 Å². The monoisotopic (exact) mass is 420 g/mol. The van der Waals surface area contributed by atoms with E-state index in [2.05, 4.69) is 5.32 Å². The average molecular weight is 421 g/mol. The minimum atomic E-state index is -3.71. The molecule has 8 heteroatoms. The first-order valence-electron chi connectivity index (χ1n) is 9.45. The maximum Gasteiger partial charge on any atom is 0.240 e. The highest BCUT2D eigenvalue weighted by Crippen LogP contribution is 2.33. The zero-order valence-corrected chi connectivity index (χ0v) is 17.8. The van der Waals surface area contributed by atoms with Gasteiger partial charge in [-0.1, -0.05) is 30.3 Å². The fourth-order valence-electron chi connectivity index (χ4n) is 2.55. The number of nitrogens with one attached hydrogen (secondary N) is 1. The van der Waals surface area contributed by atoms with E-state index in [-0.39, 0.29) is 12.6 Å². The SMILES string of the molecule is CC(C)OCCCNC(=O)CN(c1ccccc1Oc1ccccc1)S(C)(=O)=O. The van der Waals surface area contributed by atoms with Crippen molar-refractivity contribution in [3.63, 3.8) is 0 Å². The number of anilines is 1. The molecule has 7 nitrogen and oxygen atoms in total. The summed E-state index contributed by atoms with van der Waals surface area (Å²) < 4.78 is 37.1. The lowest BCUT2D eigenvalue weighted by molar-refractivity contribution is -0.119. The maximum absolute atomic E-state index is 12.4. The lowest BCUT2D eigenvalue weighted by atomic mass is 10.3. The molecule has 0 atom stereocenters. The van der Waals surface area contributed by atoms with Crippen LogP contribution in [0.15, 0.2) is 54.6 Å². The van der Waals surface area contributed by atoms with E-state index in [0.717, 1.165) is 10.6 Å². The van der Waals surface area contributed by atoms with Gasteiger partial charge in [-0.05, 0) is 44.5 Å². The van der Waals surface area contributed by atoms with E-state index in [9.17, 15) is 13.2 Å². The Morgan fingerprint density at radius 1 is 1.07 bits per heavy atom. The molecule has 0 aliphatic heterocycles. The molecule has 0 radical (unpaired) electrons. The summed E-state index contributed by atoms with van der Waals surface area (Å²) in [5, 5.41) is 2.73. The number of nitrogens with zero attached hydrogens (tertiary/aromatic N) is 1. The molecule has 0 bridgehead atoms. The van der Waals surface area contributed by atoms with Gasteiger partial charge in [0.05, 0.1) is 18.0 Å².